The third-order valence-electron chi connectivity index (χ3n) is 2.57. The second kappa shape index (κ2) is 3.81. The van der Waals surface area contributed by atoms with E-state index in [9.17, 15) is 0 Å². The number of aryl methyl sites for hydroxylation is 1. The molecule has 1 atom stereocenters. The lowest BCUT2D eigenvalue weighted by Crippen LogP contribution is -2.00. The average molecular weight is 198 g/mol. The van der Waals surface area contributed by atoms with Crippen LogP contribution in [0.5, 0.6) is 0 Å². The Kier molecular flexibility index (Phi) is 2.50. The molecule has 0 amide bonds. The summed E-state index contributed by atoms with van der Waals surface area (Å²) < 4.78 is 0. The number of hydrogen-bond acceptors (Lipinski definition) is 2. The number of benzene rings is 1. The zero-order valence-electron chi connectivity index (χ0n) is 9.07. The number of allylic oxidation sites excluding steroid dienone is 1. The van der Waals surface area contributed by atoms with Gasteiger partial charge in [0.25, 0.3) is 0 Å². The minimum absolute atomic E-state index is 0.252. The first-order valence-electron chi connectivity index (χ1n) is 5.08. The lowest BCUT2D eigenvalue weighted by atomic mass is 10.1. The predicted molar refractivity (Wildman–Crippen MR) is 62.9 cm³/mol. The summed E-state index contributed by atoms with van der Waals surface area (Å²) in [5.74, 6) is 0.252. The van der Waals surface area contributed by atoms with Crippen molar-refractivity contribution in [2.75, 3.05) is 0 Å². The van der Waals surface area contributed by atoms with Crippen LogP contribution in [0.1, 0.15) is 24.2 Å². The van der Waals surface area contributed by atoms with Gasteiger partial charge in [-0.3, -0.25) is 0 Å². The molecule has 0 aliphatic rings. The molecule has 1 unspecified atom stereocenters. The Morgan fingerprint density at radius 2 is 1.80 bits per heavy atom. The van der Waals surface area contributed by atoms with Gasteiger partial charge in [0, 0.05) is 5.92 Å². The number of aromatic nitrogens is 2. The quantitative estimate of drug-likeness (QED) is 0.692. The van der Waals surface area contributed by atoms with Crippen LogP contribution in [0.15, 0.2) is 36.9 Å². The normalized spacial score (nSPS) is 12.7. The van der Waals surface area contributed by atoms with Gasteiger partial charge in [0.1, 0.15) is 0 Å². The highest BCUT2D eigenvalue weighted by molar-refractivity contribution is 5.74. The first-order valence-corrected chi connectivity index (χ1v) is 5.08. The van der Waals surface area contributed by atoms with Crippen LogP contribution in [0.4, 0.5) is 0 Å². The van der Waals surface area contributed by atoms with E-state index < -0.39 is 0 Å². The number of fused-ring (bicyclic) bond motifs is 1. The number of para-hydroxylation sites is 2. The third-order valence-corrected chi connectivity index (χ3v) is 2.57. The average Bonchev–Trinajstić information content (AvgIpc) is 2.27. The molecular weight excluding hydrogens is 184 g/mol. The van der Waals surface area contributed by atoms with Crippen LogP contribution in [0.25, 0.3) is 11.0 Å². The molecule has 2 nitrogen and oxygen atoms in total. The summed E-state index contributed by atoms with van der Waals surface area (Å²) in [4.78, 5) is 9.15. The third kappa shape index (κ3) is 1.75. The van der Waals surface area contributed by atoms with E-state index in [4.69, 9.17) is 0 Å². The van der Waals surface area contributed by atoms with E-state index in [-0.39, 0.29) is 5.92 Å². The lowest BCUT2D eigenvalue weighted by Gasteiger charge is -2.09. The fraction of sp³-hybridized carbons (Fsp3) is 0.231. The molecule has 0 aliphatic carbocycles. The van der Waals surface area contributed by atoms with Crippen molar-refractivity contribution in [1.29, 1.82) is 0 Å². The van der Waals surface area contributed by atoms with Crippen molar-refractivity contribution in [3.8, 4) is 0 Å². The Balaban J connectivity index is 2.66. The maximum Gasteiger partial charge on any atom is 0.0890 e. The standard InChI is InChI=1S/C13H14N2/c1-4-9(2)13-10(3)14-11-7-5-6-8-12(11)15-13/h4-9H,1H2,2-3H3. The zero-order chi connectivity index (χ0) is 10.8. The summed E-state index contributed by atoms with van der Waals surface area (Å²) in [7, 11) is 0. The van der Waals surface area contributed by atoms with Gasteiger partial charge >= 0.3 is 0 Å². The van der Waals surface area contributed by atoms with Crippen molar-refractivity contribution < 1.29 is 0 Å². The highest BCUT2D eigenvalue weighted by atomic mass is 14.8. The molecule has 0 bridgehead atoms. The van der Waals surface area contributed by atoms with Crippen molar-refractivity contribution in [3.63, 3.8) is 0 Å². The molecule has 76 valence electrons. The monoisotopic (exact) mass is 198 g/mol. The van der Waals surface area contributed by atoms with Gasteiger partial charge in [-0.2, -0.15) is 0 Å². The van der Waals surface area contributed by atoms with Gasteiger partial charge in [0.2, 0.25) is 0 Å². The fourth-order valence-corrected chi connectivity index (χ4v) is 1.64. The Hall–Kier alpha value is -1.70. The molecule has 2 heteroatoms. The molecule has 0 radical (unpaired) electrons. The van der Waals surface area contributed by atoms with Gasteiger partial charge in [-0.25, -0.2) is 9.97 Å². The maximum atomic E-state index is 4.61. The van der Waals surface area contributed by atoms with E-state index in [0.717, 1.165) is 22.4 Å². The van der Waals surface area contributed by atoms with Crippen molar-refractivity contribution in [2.24, 2.45) is 0 Å². The van der Waals surface area contributed by atoms with Gasteiger partial charge < -0.3 is 0 Å². The Morgan fingerprint density at radius 1 is 1.20 bits per heavy atom. The molecule has 0 N–H and O–H groups in total. The molecule has 0 spiro atoms. The molecule has 0 saturated carbocycles. The highest BCUT2D eigenvalue weighted by Gasteiger charge is 2.09. The van der Waals surface area contributed by atoms with Crippen LogP contribution in [-0.4, -0.2) is 9.97 Å². The van der Waals surface area contributed by atoms with Gasteiger partial charge in [-0.1, -0.05) is 25.1 Å². The number of hydrogen-bond donors (Lipinski definition) is 0. The van der Waals surface area contributed by atoms with Crippen LogP contribution in [0.2, 0.25) is 0 Å². The molecule has 2 aromatic rings. The molecule has 1 aromatic heterocycles. The minimum Gasteiger partial charge on any atom is -0.250 e. The summed E-state index contributed by atoms with van der Waals surface area (Å²) in [6.07, 6.45) is 1.89. The van der Waals surface area contributed by atoms with Crippen molar-refractivity contribution in [3.05, 3.63) is 48.3 Å². The van der Waals surface area contributed by atoms with Crippen LogP contribution in [-0.2, 0) is 0 Å². The van der Waals surface area contributed by atoms with Gasteiger partial charge in [-0.15, -0.1) is 6.58 Å². The number of nitrogens with zero attached hydrogens (tertiary/aromatic N) is 2. The Labute approximate surface area is 89.7 Å². The second-order valence-electron chi connectivity index (χ2n) is 3.71. The maximum absolute atomic E-state index is 4.61. The molecule has 0 aliphatic heterocycles. The summed E-state index contributed by atoms with van der Waals surface area (Å²) >= 11 is 0. The fourth-order valence-electron chi connectivity index (χ4n) is 1.64. The molecule has 0 fully saturated rings. The summed E-state index contributed by atoms with van der Waals surface area (Å²) in [5, 5.41) is 0. The molecule has 15 heavy (non-hydrogen) atoms. The lowest BCUT2D eigenvalue weighted by molar-refractivity contribution is 0.884. The Bertz CT molecular complexity index is 503. The second-order valence-corrected chi connectivity index (χ2v) is 3.71. The minimum atomic E-state index is 0.252. The van der Waals surface area contributed by atoms with Crippen molar-refractivity contribution in [1.82, 2.24) is 9.97 Å². The van der Waals surface area contributed by atoms with E-state index in [1.807, 2.05) is 37.3 Å². The molecule has 1 aromatic carbocycles. The van der Waals surface area contributed by atoms with Crippen LogP contribution < -0.4 is 0 Å². The van der Waals surface area contributed by atoms with E-state index >= 15 is 0 Å². The van der Waals surface area contributed by atoms with E-state index in [1.165, 1.54) is 0 Å². The van der Waals surface area contributed by atoms with Crippen molar-refractivity contribution in [2.45, 2.75) is 19.8 Å². The van der Waals surface area contributed by atoms with Gasteiger partial charge in [0.15, 0.2) is 0 Å². The van der Waals surface area contributed by atoms with Crippen molar-refractivity contribution >= 4 is 11.0 Å². The van der Waals surface area contributed by atoms with E-state index in [1.54, 1.807) is 0 Å². The van der Waals surface area contributed by atoms with Crippen LogP contribution in [0, 0.1) is 6.92 Å². The largest absolute Gasteiger partial charge is 0.250 e. The van der Waals surface area contributed by atoms with Gasteiger partial charge in [0.05, 0.1) is 22.4 Å². The molecule has 0 saturated heterocycles. The first-order chi connectivity index (χ1) is 7.22. The smallest absolute Gasteiger partial charge is 0.0890 e. The predicted octanol–water partition coefficient (Wildman–Crippen LogP) is 3.23. The molecule has 1 heterocycles. The van der Waals surface area contributed by atoms with Crippen LogP contribution in [0.3, 0.4) is 0 Å². The van der Waals surface area contributed by atoms with E-state index in [0.29, 0.717) is 0 Å². The summed E-state index contributed by atoms with van der Waals surface area (Å²) in [6.45, 7) is 7.87. The summed E-state index contributed by atoms with van der Waals surface area (Å²) in [5.41, 5.74) is 3.91. The zero-order valence-corrected chi connectivity index (χ0v) is 9.07. The van der Waals surface area contributed by atoms with E-state index in [2.05, 4.69) is 23.5 Å². The molecular formula is C13H14N2. The topological polar surface area (TPSA) is 25.8 Å². The van der Waals surface area contributed by atoms with Crippen LogP contribution >= 0.6 is 0 Å². The number of rotatable bonds is 2. The first kappa shape index (κ1) is 9.84. The molecule has 2 rings (SSSR count). The summed E-state index contributed by atoms with van der Waals surface area (Å²) in [6, 6.07) is 7.93. The highest BCUT2D eigenvalue weighted by Crippen LogP contribution is 2.19. The SMILES string of the molecule is C=CC(C)c1nc2ccccc2nc1C. The Morgan fingerprint density at radius 3 is 2.40 bits per heavy atom. The van der Waals surface area contributed by atoms with Gasteiger partial charge in [-0.05, 0) is 19.1 Å².